The van der Waals surface area contributed by atoms with Crippen molar-refractivity contribution in [2.24, 2.45) is 5.92 Å². The van der Waals surface area contributed by atoms with Gasteiger partial charge < -0.3 is 4.55 Å². The van der Waals surface area contributed by atoms with Crippen molar-refractivity contribution in [2.45, 2.75) is 219 Å². The predicted molar refractivity (Wildman–Crippen MR) is 178 cm³/mol. The molecule has 1 atom stereocenters. The summed E-state index contributed by atoms with van der Waals surface area (Å²) in [4.78, 5) is 0. The van der Waals surface area contributed by atoms with Crippen LogP contribution in [0.4, 0.5) is 0 Å². The van der Waals surface area contributed by atoms with Gasteiger partial charge in [-0.05, 0) is 18.8 Å². The van der Waals surface area contributed by atoms with Crippen LogP contribution in [0.3, 0.4) is 0 Å². The minimum Gasteiger partial charge on any atom is -0.726 e. The minimum absolute atomic E-state index is 0. The van der Waals surface area contributed by atoms with Crippen molar-refractivity contribution in [3.63, 3.8) is 0 Å². The molecule has 0 aliphatic rings. The van der Waals surface area contributed by atoms with Crippen LogP contribution >= 0.6 is 0 Å². The molecule has 42 heavy (non-hydrogen) atoms. The van der Waals surface area contributed by atoms with Gasteiger partial charge in [0.15, 0.2) is 0 Å². The Kier molecular flexibility index (Phi) is 38.9. The largest absolute Gasteiger partial charge is 1.00 e. The molecule has 0 aromatic rings. The van der Waals surface area contributed by atoms with E-state index in [0.717, 1.165) is 25.7 Å². The molecule has 0 saturated carbocycles. The zero-order valence-corrected chi connectivity index (χ0v) is 31.8. The molecule has 0 aliphatic carbocycles. The second-order valence-electron chi connectivity index (χ2n) is 13.0. The van der Waals surface area contributed by atoms with E-state index < -0.39 is 10.4 Å². The second kappa shape index (κ2) is 36.3. The average Bonchev–Trinajstić information content (AvgIpc) is 2.94. The molecule has 0 radical (unpaired) electrons. The maximum atomic E-state index is 11.0. The number of hydrogen-bond donors (Lipinski definition) is 0. The molecule has 0 amide bonds. The third kappa shape index (κ3) is 38.9. The standard InChI is InChI=1S/C36H74O4S.Na/c1-3-5-7-9-11-13-15-17-18-19-20-22-24-26-28-30-32-34-36(35-40-41(37,38)39)33-31-29-27-25-23-21-16-14-12-10-8-6-4-2;/h36H,3-35H2,1-2H3,(H,37,38,39);/q;+1/p-1. The van der Waals surface area contributed by atoms with Crippen LogP contribution in [0.5, 0.6) is 0 Å². The molecular weight excluding hydrogens is 551 g/mol. The van der Waals surface area contributed by atoms with Gasteiger partial charge in [-0.25, -0.2) is 8.42 Å². The first-order valence-electron chi connectivity index (χ1n) is 18.6. The molecule has 0 bridgehead atoms. The van der Waals surface area contributed by atoms with Crippen molar-refractivity contribution in [3.05, 3.63) is 0 Å². The molecule has 0 saturated heterocycles. The van der Waals surface area contributed by atoms with Gasteiger partial charge in [-0.3, -0.25) is 4.18 Å². The normalized spacial score (nSPS) is 12.5. The fraction of sp³-hybridized carbons (Fsp3) is 1.00. The Morgan fingerprint density at radius 1 is 0.429 bits per heavy atom. The molecular formula is C36H73NaO4S. The second-order valence-corrected chi connectivity index (χ2v) is 14.1. The molecule has 0 aromatic carbocycles. The zero-order chi connectivity index (χ0) is 30.1. The fourth-order valence-electron chi connectivity index (χ4n) is 6.10. The summed E-state index contributed by atoms with van der Waals surface area (Å²) < 4.78 is 37.6. The first-order chi connectivity index (χ1) is 20.0. The Hall–Kier alpha value is 0.870. The van der Waals surface area contributed by atoms with Gasteiger partial charge in [0.1, 0.15) is 0 Å². The van der Waals surface area contributed by atoms with Gasteiger partial charge in [-0.15, -0.1) is 0 Å². The summed E-state index contributed by atoms with van der Waals surface area (Å²) in [7, 11) is -4.59. The van der Waals surface area contributed by atoms with Gasteiger partial charge >= 0.3 is 29.6 Å². The Bertz CT molecular complexity index is 599. The zero-order valence-electron chi connectivity index (χ0n) is 29.0. The number of hydrogen-bond acceptors (Lipinski definition) is 4. The smallest absolute Gasteiger partial charge is 0.726 e. The van der Waals surface area contributed by atoms with E-state index >= 15 is 0 Å². The van der Waals surface area contributed by atoms with Crippen LogP contribution in [0.2, 0.25) is 0 Å². The molecule has 4 nitrogen and oxygen atoms in total. The van der Waals surface area contributed by atoms with Gasteiger partial charge in [0.05, 0.1) is 6.61 Å². The third-order valence-corrected chi connectivity index (χ3v) is 9.30. The molecule has 0 spiro atoms. The van der Waals surface area contributed by atoms with Gasteiger partial charge in [-0.1, -0.05) is 206 Å². The molecule has 0 fully saturated rings. The van der Waals surface area contributed by atoms with Crippen LogP contribution in [0, 0.1) is 5.92 Å². The van der Waals surface area contributed by atoms with Gasteiger partial charge in [0.2, 0.25) is 10.4 Å². The van der Waals surface area contributed by atoms with E-state index in [1.807, 2.05) is 0 Å². The number of unbranched alkanes of at least 4 members (excludes halogenated alkanes) is 28. The summed E-state index contributed by atoms with van der Waals surface area (Å²) in [6.45, 7) is 4.63. The van der Waals surface area contributed by atoms with E-state index in [9.17, 15) is 13.0 Å². The molecule has 1 unspecified atom stereocenters. The van der Waals surface area contributed by atoms with E-state index in [1.54, 1.807) is 0 Å². The Balaban J connectivity index is 0. The summed E-state index contributed by atoms with van der Waals surface area (Å²) in [6.07, 6.45) is 42.4. The van der Waals surface area contributed by atoms with E-state index in [-0.39, 0.29) is 42.1 Å². The van der Waals surface area contributed by atoms with E-state index in [1.165, 1.54) is 180 Å². The Morgan fingerprint density at radius 2 is 0.643 bits per heavy atom. The van der Waals surface area contributed by atoms with Crippen molar-refractivity contribution < 1.29 is 46.7 Å². The van der Waals surface area contributed by atoms with Gasteiger partial charge in [0, 0.05) is 0 Å². The molecule has 0 aliphatic heterocycles. The maximum absolute atomic E-state index is 11.0. The Labute approximate surface area is 287 Å². The first-order valence-corrected chi connectivity index (χ1v) is 19.9. The fourth-order valence-corrected chi connectivity index (χ4v) is 6.46. The van der Waals surface area contributed by atoms with Crippen molar-refractivity contribution >= 4 is 10.4 Å². The van der Waals surface area contributed by atoms with Crippen LogP contribution < -0.4 is 29.6 Å². The van der Waals surface area contributed by atoms with Crippen LogP contribution in [-0.2, 0) is 14.6 Å². The molecule has 248 valence electrons. The van der Waals surface area contributed by atoms with Crippen molar-refractivity contribution in [3.8, 4) is 0 Å². The van der Waals surface area contributed by atoms with E-state index in [2.05, 4.69) is 18.0 Å². The van der Waals surface area contributed by atoms with Gasteiger partial charge in [0.25, 0.3) is 0 Å². The van der Waals surface area contributed by atoms with Crippen LogP contribution in [-0.4, -0.2) is 19.6 Å². The summed E-state index contributed by atoms with van der Waals surface area (Å²) in [5, 5.41) is 0. The van der Waals surface area contributed by atoms with E-state index in [4.69, 9.17) is 0 Å². The van der Waals surface area contributed by atoms with Crippen molar-refractivity contribution in [1.29, 1.82) is 0 Å². The molecule has 0 heterocycles. The number of rotatable bonds is 35. The average molecular weight is 625 g/mol. The van der Waals surface area contributed by atoms with Gasteiger partial charge in [-0.2, -0.15) is 0 Å². The minimum atomic E-state index is -4.59. The SMILES string of the molecule is CCCCCCCCCCCCCCCCCCCC(CCCCCCCCCCCCCCC)COS(=O)(=O)[O-].[Na+]. The van der Waals surface area contributed by atoms with Crippen LogP contribution in [0.25, 0.3) is 0 Å². The summed E-state index contributed by atoms with van der Waals surface area (Å²) in [5.41, 5.74) is 0. The van der Waals surface area contributed by atoms with Crippen molar-refractivity contribution in [1.82, 2.24) is 0 Å². The van der Waals surface area contributed by atoms with E-state index in [0.29, 0.717) is 0 Å². The van der Waals surface area contributed by atoms with Crippen molar-refractivity contribution in [2.75, 3.05) is 6.61 Å². The quantitative estimate of drug-likeness (QED) is 0.0305. The predicted octanol–water partition coefficient (Wildman–Crippen LogP) is 9.61. The van der Waals surface area contributed by atoms with Crippen LogP contribution in [0.15, 0.2) is 0 Å². The molecule has 0 aromatic heterocycles. The Morgan fingerprint density at radius 3 is 0.857 bits per heavy atom. The summed E-state index contributed by atoms with van der Waals surface area (Å²) >= 11 is 0. The monoisotopic (exact) mass is 625 g/mol. The first kappa shape index (κ1) is 45.0. The summed E-state index contributed by atoms with van der Waals surface area (Å²) in [5.74, 6) is 0.197. The molecule has 6 heteroatoms. The third-order valence-electron chi connectivity index (χ3n) is 8.88. The topological polar surface area (TPSA) is 66.4 Å². The molecule has 0 rings (SSSR count). The maximum Gasteiger partial charge on any atom is 1.00 e. The van der Waals surface area contributed by atoms with Crippen LogP contribution in [0.1, 0.15) is 219 Å². The summed E-state index contributed by atoms with van der Waals surface area (Å²) in [6, 6.07) is 0. The molecule has 0 N–H and O–H groups in total.